The fourth-order valence-corrected chi connectivity index (χ4v) is 3.17. The summed E-state index contributed by atoms with van der Waals surface area (Å²) in [5.41, 5.74) is 2.06. The molecule has 0 aliphatic rings. The molecule has 0 aliphatic heterocycles. The molecule has 31 heavy (non-hydrogen) atoms. The maximum absolute atomic E-state index is 12.9. The van der Waals surface area contributed by atoms with Crippen molar-refractivity contribution in [3.63, 3.8) is 0 Å². The van der Waals surface area contributed by atoms with Gasteiger partial charge in [0, 0.05) is 11.6 Å². The van der Waals surface area contributed by atoms with E-state index in [0.717, 1.165) is 18.4 Å². The lowest BCUT2D eigenvalue weighted by Gasteiger charge is -2.14. The summed E-state index contributed by atoms with van der Waals surface area (Å²) in [4.78, 5) is 12.9. The van der Waals surface area contributed by atoms with Gasteiger partial charge in [0.1, 0.15) is 12.3 Å². The summed E-state index contributed by atoms with van der Waals surface area (Å²) >= 11 is 0. The Morgan fingerprint density at radius 1 is 1.13 bits per heavy atom. The van der Waals surface area contributed by atoms with Crippen molar-refractivity contribution < 1.29 is 14.3 Å². The SMILES string of the molecule is CCC(CC)Oc1ccc2nn(CC(=O)c3cc(OC)cc(C(C)C)c3)c(=N)n2n1.Cl. The normalized spacial score (nSPS) is 11.1. The van der Waals surface area contributed by atoms with Gasteiger partial charge in [-0.25, -0.2) is 4.68 Å². The van der Waals surface area contributed by atoms with Crippen LogP contribution in [0.1, 0.15) is 62.4 Å². The van der Waals surface area contributed by atoms with Gasteiger partial charge in [0.15, 0.2) is 11.4 Å². The summed E-state index contributed by atoms with van der Waals surface area (Å²) in [5.74, 6) is 1.19. The standard InChI is InChI=1S/C22H29N5O3.ClH/c1-6-17(7-2)30-21-9-8-20-24-26(22(23)27(20)25-21)13-19(28)16-10-15(14(3)4)11-18(12-16)29-5;/h8-12,14,17,23H,6-7,13H2,1-5H3;1H. The average molecular weight is 448 g/mol. The smallest absolute Gasteiger partial charge is 0.242 e. The van der Waals surface area contributed by atoms with E-state index in [-0.39, 0.29) is 42.4 Å². The van der Waals surface area contributed by atoms with Gasteiger partial charge in [-0.05, 0) is 48.6 Å². The molecule has 8 nitrogen and oxygen atoms in total. The van der Waals surface area contributed by atoms with Crippen LogP contribution in [0, 0.1) is 5.41 Å². The number of benzene rings is 1. The number of carbonyl (C=O) groups is 1. The highest BCUT2D eigenvalue weighted by Gasteiger charge is 2.15. The molecular formula is C22H30ClN5O3. The molecule has 0 spiro atoms. The van der Waals surface area contributed by atoms with E-state index in [2.05, 4.69) is 37.9 Å². The first kappa shape index (κ1) is 24.4. The molecule has 2 heterocycles. The second-order valence-electron chi connectivity index (χ2n) is 7.55. The highest BCUT2D eigenvalue weighted by molar-refractivity contribution is 5.96. The third kappa shape index (κ3) is 5.44. The maximum atomic E-state index is 12.9. The number of methoxy groups -OCH3 is 1. The Bertz CT molecular complexity index is 1100. The highest BCUT2D eigenvalue weighted by Crippen LogP contribution is 2.23. The van der Waals surface area contributed by atoms with Crippen LogP contribution in [0.3, 0.4) is 0 Å². The zero-order valence-corrected chi connectivity index (χ0v) is 19.4. The van der Waals surface area contributed by atoms with Crippen molar-refractivity contribution in [2.45, 2.75) is 59.1 Å². The first-order valence-corrected chi connectivity index (χ1v) is 10.3. The molecule has 0 aliphatic carbocycles. The Balaban J connectivity index is 0.00000341. The van der Waals surface area contributed by atoms with Crippen LogP contribution < -0.4 is 15.1 Å². The van der Waals surface area contributed by atoms with Crippen LogP contribution in [0.15, 0.2) is 30.3 Å². The number of ketones is 1. The monoisotopic (exact) mass is 447 g/mol. The number of nitrogens with one attached hydrogen (secondary N) is 1. The predicted octanol–water partition coefficient (Wildman–Crippen LogP) is 4.01. The maximum Gasteiger partial charge on any atom is 0.242 e. The van der Waals surface area contributed by atoms with E-state index in [4.69, 9.17) is 14.9 Å². The Labute approximate surface area is 188 Å². The molecular weight excluding hydrogens is 418 g/mol. The molecule has 0 radical (unpaired) electrons. The number of aromatic nitrogens is 4. The molecule has 3 rings (SSSR count). The van der Waals surface area contributed by atoms with Gasteiger partial charge in [-0.2, -0.15) is 4.52 Å². The highest BCUT2D eigenvalue weighted by atomic mass is 35.5. The van der Waals surface area contributed by atoms with E-state index < -0.39 is 0 Å². The Morgan fingerprint density at radius 2 is 1.84 bits per heavy atom. The van der Waals surface area contributed by atoms with E-state index in [9.17, 15) is 4.79 Å². The van der Waals surface area contributed by atoms with Crippen LogP contribution in [-0.2, 0) is 6.54 Å². The van der Waals surface area contributed by atoms with Crippen molar-refractivity contribution >= 4 is 23.8 Å². The zero-order valence-electron chi connectivity index (χ0n) is 18.6. The van der Waals surface area contributed by atoms with E-state index in [1.165, 1.54) is 9.20 Å². The number of hydrogen-bond acceptors (Lipinski definition) is 6. The molecule has 0 amide bonds. The van der Waals surface area contributed by atoms with Gasteiger partial charge in [-0.1, -0.05) is 27.7 Å². The number of rotatable bonds is 9. The summed E-state index contributed by atoms with van der Waals surface area (Å²) < 4.78 is 13.9. The van der Waals surface area contributed by atoms with Crippen molar-refractivity contribution in [2.24, 2.45) is 0 Å². The number of hydrogen-bond donors (Lipinski definition) is 1. The lowest BCUT2D eigenvalue weighted by atomic mass is 9.98. The molecule has 9 heteroatoms. The molecule has 0 saturated carbocycles. The minimum Gasteiger partial charge on any atom is -0.497 e. The van der Waals surface area contributed by atoms with Crippen LogP contribution >= 0.6 is 12.4 Å². The number of Topliss-reactive ketones (excluding diaryl/α,β-unsaturated/α-hetero) is 1. The molecule has 0 bridgehead atoms. The number of nitrogens with zero attached hydrogens (tertiary/aromatic N) is 4. The largest absolute Gasteiger partial charge is 0.497 e. The van der Waals surface area contributed by atoms with E-state index in [0.29, 0.717) is 22.8 Å². The minimum atomic E-state index is -0.147. The average Bonchev–Trinajstić information content (AvgIpc) is 3.06. The van der Waals surface area contributed by atoms with Crippen LogP contribution in [0.2, 0.25) is 0 Å². The number of fused-ring (bicyclic) bond motifs is 1. The van der Waals surface area contributed by atoms with Crippen molar-refractivity contribution in [3.05, 3.63) is 47.1 Å². The molecule has 0 unspecified atom stereocenters. The second kappa shape index (κ2) is 10.4. The van der Waals surface area contributed by atoms with Gasteiger partial charge in [0.05, 0.1) is 13.2 Å². The molecule has 2 aromatic heterocycles. The summed E-state index contributed by atoms with van der Waals surface area (Å²) in [5, 5.41) is 17.1. The van der Waals surface area contributed by atoms with Gasteiger partial charge in [-0.15, -0.1) is 22.6 Å². The van der Waals surface area contributed by atoms with Crippen molar-refractivity contribution in [1.29, 1.82) is 5.41 Å². The molecule has 0 fully saturated rings. The molecule has 168 valence electrons. The van der Waals surface area contributed by atoms with Crippen LogP contribution in [0.25, 0.3) is 5.65 Å². The van der Waals surface area contributed by atoms with E-state index >= 15 is 0 Å². The lowest BCUT2D eigenvalue weighted by molar-refractivity contribution is 0.0965. The topological polar surface area (TPSA) is 94.5 Å². The summed E-state index contributed by atoms with van der Waals surface area (Å²) in [6, 6.07) is 9.00. The third-order valence-corrected chi connectivity index (χ3v) is 5.10. The zero-order chi connectivity index (χ0) is 21.8. The van der Waals surface area contributed by atoms with Crippen LogP contribution in [0.4, 0.5) is 0 Å². The molecule has 1 N–H and O–H groups in total. The summed E-state index contributed by atoms with van der Waals surface area (Å²) in [7, 11) is 1.58. The van der Waals surface area contributed by atoms with Crippen LogP contribution in [0.5, 0.6) is 11.6 Å². The van der Waals surface area contributed by atoms with Gasteiger partial charge < -0.3 is 9.47 Å². The molecule has 0 saturated heterocycles. The van der Waals surface area contributed by atoms with Crippen LogP contribution in [-0.4, -0.2) is 38.4 Å². The first-order chi connectivity index (χ1) is 14.4. The molecule has 1 aromatic carbocycles. The fourth-order valence-electron chi connectivity index (χ4n) is 3.17. The van der Waals surface area contributed by atoms with E-state index in [1.807, 2.05) is 12.1 Å². The molecule has 3 aromatic rings. The van der Waals surface area contributed by atoms with Gasteiger partial charge in [-0.3, -0.25) is 10.2 Å². The summed E-state index contributed by atoms with van der Waals surface area (Å²) in [6.45, 7) is 8.19. The Hall–Kier alpha value is -2.87. The predicted molar refractivity (Wildman–Crippen MR) is 120 cm³/mol. The second-order valence-corrected chi connectivity index (χ2v) is 7.55. The Kier molecular flexibility index (Phi) is 8.21. The van der Waals surface area contributed by atoms with Gasteiger partial charge >= 0.3 is 0 Å². The van der Waals surface area contributed by atoms with E-state index in [1.54, 1.807) is 25.3 Å². The third-order valence-electron chi connectivity index (χ3n) is 5.10. The number of carbonyl (C=O) groups excluding carboxylic acids is 1. The Morgan fingerprint density at radius 3 is 2.45 bits per heavy atom. The molecule has 0 atom stereocenters. The first-order valence-electron chi connectivity index (χ1n) is 10.3. The number of ether oxygens (including phenoxy) is 2. The minimum absolute atomic E-state index is 0. The van der Waals surface area contributed by atoms with Crippen molar-refractivity contribution in [3.8, 4) is 11.6 Å². The van der Waals surface area contributed by atoms with Crippen molar-refractivity contribution in [2.75, 3.05) is 7.11 Å². The quantitative estimate of drug-likeness (QED) is 0.500. The lowest BCUT2D eigenvalue weighted by Crippen LogP contribution is -2.26. The van der Waals surface area contributed by atoms with Gasteiger partial charge in [0.25, 0.3) is 0 Å². The van der Waals surface area contributed by atoms with Gasteiger partial charge in [0.2, 0.25) is 11.5 Å². The van der Waals surface area contributed by atoms with Crippen molar-refractivity contribution in [1.82, 2.24) is 19.4 Å². The fraction of sp³-hybridized carbons (Fsp3) is 0.455. The summed E-state index contributed by atoms with van der Waals surface area (Å²) in [6.07, 6.45) is 1.83. The number of halogens is 1.